The number of hydrogen-bond donors (Lipinski definition) is 1. The first-order valence-electron chi connectivity index (χ1n) is 14.0. The lowest BCUT2D eigenvalue weighted by atomic mass is 9.97. The average molecular weight is 580 g/mol. The SMILES string of the molecule is CN(C(=O)CCCC(C)(C)N)[C@H](Cc1ccc2ccccc2c1)C(=O)N(C)[C@H](Cc1cccs1)C(=O)N(C)N(C)C. The second-order valence-electron chi connectivity index (χ2n) is 11.7. The summed E-state index contributed by atoms with van der Waals surface area (Å²) in [5, 5.41) is 7.36. The molecule has 222 valence electrons. The van der Waals surface area contributed by atoms with Crippen LogP contribution in [0.15, 0.2) is 60.0 Å². The van der Waals surface area contributed by atoms with Gasteiger partial charge in [0.1, 0.15) is 12.1 Å². The lowest BCUT2D eigenvalue weighted by Gasteiger charge is -2.37. The van der Waals surface area contributed by atoms with Gasteiger partial charge in [-0.05, 0) is 54.5 Å². The molecule has 0 saturated heterocycles. The van der Waals surface area contributed by atoms with Crippen molar-refractivity contribution in [2.75, 3.05) is 35.2 Å². The van der Waals surface area contributed by atoms with E-state index in [2.05, 4.69) is 6.07 Å². The fourth-order valence-electron chi connectivity index (χ4n) is 4.83. The number of benzene rings is 2. The predicted molar refractivity (Wildman–Crippen MR) is 167 cm³/mol. The third-order valence-corrected chi connectivity index (χ3v) is 8.49. The quantitative estimate of drug-likeness (QED) is 0.307. The molecule has 3 aromatic rings. The number of carbonyl (C=O) groups is 3. The van der Waals surface area contributed by atoms with Gasteiger partial charge in [-0.15, -0.1) is 11.3 Å². The van der Waals surface area contributed by atoms with E-state index in [0.717, 1.165) is 21.2 Å². The summed E-state index contributed by atoms with van der Waals surface area (Å²) in [6, 6.07) is 16.6. The standard InChI is InChI=1S/C32H45N5O3S/c1-32(2,33)18-10-15-29(38)35(5)27(21-23-16-17-24-12-8-9-13-25(24)20-23)30(39)36(6)28(22-26-14-11-19-41-26)31(40)37(7)34(3)4/h8-9,11-14,16-17,19-20,27-28H,10,15,18,21-22,33H2,1-7H3/t27-,28-/m1/s1. The van der Waals surface area contributed by atoms with Gasteiger partial charge in [0.15, 0.2) is 0 Å². The first-order valence-corrected chi connectivity index (χ1v) is 14.9. The maximum absolute atomic E-state index is 14.3. The lowest BCUT2D eigenvalue weighted by molar-refractivity contribution is -0.155. The van der Waals surface area contributed by atoms with Crippen molar-refractivity contribution in [2.24, 2.45) is 5.73 Å². The number of amides is 3. The monoisotopic (exact) mass is 579 g/mol. The van der Waals surface area contributed by atoms with Crippen LogP contribution < -0.4 is 5.73 Å². The number of likely N-dealkylation sites (N-methyl/N-ethyl adjacent to an activating group) is 3. The number of nitrogens with zero attached hydrogens (tertiary/aromatic N) is 4. The number of hydrogen-bond acceptors (Lipinski definition) is 6. The van der Waals surface area contributed by atoms with Crippen molar-refractivity contribution < 1.29 is 14.4 Å². The molecule has 3 amide bonds. The fourth-order valence-corrected chi connectivity index (χ4v) is 5.58. The Kier molecular flexibility index (Phi) is 11.1. The Morgan fingerprint density at radius 3 is 2.10 bits per heavy atom. The summed E-state index contributed by atoms with van der Waals surface area (Å²) in [4.78, 5) is 45.4. The number of rotatable bonds is 13. The van der Waals surface area contributed by atoms with Crippen LogP contribution in [-0.2, 0) is 27.2 Å². The van der Waals surface area contributed by atoms with E-state index in [1.165, 1.54) is 9.91 Å². The van der Waals surface area contributed by atoms with E-state index in [9.17, 15) is 14.4 Å². The smallest absolute Gasteiger partial charge is 0.259 e. The number of fused-ring (bicyclic) bond motifs is 1. The highest BCUT2D eigenvalue weighted by Gasteiger charge is 2.36. The van der Waals surface area contributed by atoms with Gasteiger partial charge in [0.05, 0.1) is 0 Å². The molecule has 1 heterocycles. The van der Waals surface area contributed by atoms with E-state index in [0.29, 0.717) is 32.1 Å². The number of thiophene rings is 1. The Balaban J connectivity index is 1.93. The molecular weight excluding hydrogens is 534 g/mol. The summed E-state index contributed by atoms with van der Waals surface area (Å²) in [6.07, 6.45) is 2.35. The van der Waals surface area contributed by atoms with E-state index < -0.39 is 12.1 Å². The molecule has 2 N–H and O–H groups in total. The minimum Gasteiger partial charge on any atom is -0.333 e. The minimum absolute atomic E-state index is 0.117. The fraction of sp³-hybridized carbons (Fsp3) is 0.469. The summed E-state index contributed by atoms with van der Waals surface area (Å²) >= 11 is 1.56. The molecule has 2 atom stereocenters. The van der Waals surface area contributed by atoms with Crippen molar-refractivity contribution in [1.29, 1.82) is 0 Å². The van der Waals surface area contributed by atoms with Crippen molar-refractivity contribution >= 4 is 39.8 Å². The molecule has 0 fully saturated rings. The highest BCUT2D eigenvalue weighted by molar-refractivity contribution is 7.09. The highest BCUT2D eigenvalue weighted by Crippen LogP contribution is 2.22. The highest BCUT2D eigenvalue weighted by atomic mass is 32.1. The molecule has 3 rings (SSSR count). The maximum atomic E-state index is 14.3. The molecule has 8 nitrogen and oxygen atoms in total. The van der Waals surface area contributed by atoms with E-state index in [4.69, 9.17) is 5.73 Å². The number of carbonyl (C=O) groups excluding carboxylic acids is 3. The van der Waals surface area contributed by atoms with Crippen molar-refractivity contribution in [3.63, 3.8) is 0 Å². The summed E-state index contributed by atoms with van der Waals surface area (Å²) in [5.41, 5.74) is 6.71. The van der Waals surface area contributed by atoms with Crippen LogP contribution in [0.3, 0.4) is 0 Å². The summed E-state index contributed by atoms with van der Waals surface area (Å²) in [6.45, 7) is 3.88. The maximum Gasteiger partial charge on any atom is 0.259 e. The van der Waals surface area contributed by atoms with Crippen LogP contribution in [-0.4, -0.2) is 90.4 Å². The third-order valence-electron chi connectivity index (χ3n) is 7.59. The van der Waals surface area contributed by atoms with Gasteiger partial charge >= 0.3 is 0 Å². The van der Waals surface area contributed by atoms with Crippen LogP contribution in [0.4, 0.5) is 0 Å². The van der Waals surface area contributed by atoms with Crippen LogP contribution in [0, 0.1) is 0 Å². The zero-order valence-electron chi connectivity index (χ0n) is 25.5. The van der Waals surface area contributed by atoms with Crippen molar-refractivity contribution in [3.8, 4) is 0 Å². The molecular formula is C32H45N5O3S. The van der Waals surface area contributed by atoms with Gasteiger partial charge < -0.3 is 15.5 Å². The summed E-state index contributed by atoms with van der Waals surface area (Å²) < 4.78 is 0. The summed E-state index contributed by atoms with van der Waals surface area (Å²) in [5.74, 6) is -0.577. The van der Waals surface area contributed by atoms with Crippen LogP contribution in [0.5, 0.6) is 0 Å². The molecule has 41 heavy (non-hydrogen) atoms. The lowest BCUT2D eigenvalue weighted by Crippen LogP contribution is -2.57. The first-order chi connectivity index (χ1) is 19.3. The number of hydrazine groups is 1. The molecule has 0 unspecified atom stereocenters. The zero-order valence-corrected chi connectivity index (χ0v) is 26.3. The van der Waals surface area contributed by atoms with Crippen LogP contribution in [0.25, 0.3) is 10.8 Å². The topological polar surface area (TPSA) is 90.2 Å². The molecule has 0 bridgehead atoms. The average Bonchev–Trinajstić information content (AvgIpc) is 3.45. The Morgan fingerprint density at radius 2 is 1.49 bits per heavy atom. The molecule has 0 aliphatic carbocycles. The molecule has 0 aliphatic heterocycles. The van der Waals surface area contributed by atoms with Crippen LogP contribution in [0.1, 0.15) is 43.6 Å². The van der Waals surface area contributed by atoms with Crippen molar-refractivity contribution in [3.05, 3.63) is 70.4 Å². The first kappa shape index (κ1) is 32.2. The van der Waals surface area contributed by atoms with Gasteiger partial charge in [0.2, 0.25) is 11.8 Å². The van der Waals surface area contributed by atoms with Gasteiger partial charge in [-0.2, -0.15) is 0 Å². The Morgan fingerprint density at radius 1 is 0.829 bits per heavy atom. The van der Waals surface area contributed by atoms with Gasteiger partial charge in [0.25, 0.3) is 5.91 Å². The van der Waals surface area contributed by atoms with E-state index in [1.54, 1.807) is 56.5 Å². The van der Waals surface area contributed by atoms with E-state index in [1.807, 2.05) is 67.8 Å². The van der Waals surface area contributed by atoms with Gasteiger partial charge in [-0.25, -0.2) is 5.01 Å². The Hall–Kier alpha value is -3.27. The molecule has 1 aromatic heterocycles. The second-order valence-corrected chi connectivity index (χ2v) is 12.7. The zero-order chi connectivity index (χ0) is 30.3. The number of nitrogens with two attached hydrogens (primary N) is 1. The minimum atomic E-state index is -0.775. The van der Waals surface area contributed by atoms with Crippen LogP contribution >= 0.6 is 11.3 Å². The van der Waals surface area contributed by atoms with Crippen LogP contribution in [0.2, 0.25) is 0 Å². The third kappa shape index (κ3) is 8.86. The molecule has 0 aliphatic rings. The normalized spacial score (nSPS) is 13.2. The predicted octanol–water partition coefficient (Wildman–Crippen LogP) is 4.18. The van der Waals surface area contributed by atoms with Crippen molar-refractivity contribution in [1.82, 2.24) is 19.8 Å². The Bertz CT molecular complexity index is 1320. The Labute approximate surface area is 248 Å². The molecule has 9 heteroatoms. The molecule has 0 radical (unpaired) electrons. The summed E-state index contributed by atoms with van der Waals surface area (Å²) in [7, 11) is 8.64. The largest absolute Gasteiger partial charge is 0.333 e. The molecule has 0 spiro atoms. The van der Waals surface area contributed by atoms with Gasteiger partial charge in [-0.3, -0.25) is 19.4 Å². The van der Waals surface area contributed by atoms with Gasteiger partial charge in [-0.1, -0.05) is 48.5 Å². The molecule has 2 aromatic carbocycles. The van der Waals surface area contributed by atoms with Crippen molar-refractivity contribution in [2.45, 2.75) is 63.6 Å². The van der Waals surface area contributed by atoms with Gasteiger partial charge in [0, 0.05) is 64.9 Å². The second kappa shape index (κ2) is 14.1. The van der Waals surface area contributed by atoms with E-state index >= 15 is 0 Å². The molecule has 0 saturated carbocycles. The van der Waals surface area contributed by atoms with E-state index in [-0.39, 0.29) is 23.3 Å².